The van der Waals surface area contributed by atoms with Crippen molar-refractivity contribution in [3.8, 4) is 5.75 Å². The van der Waals surface area contributed by atoms with Gasteiger partial charge in [-0.05, 0) is 61.6 Å². The van der Waals surface area contributed by atoms with Gasteiger partial charge in [0.25, 0.3) is 0 Å². The first-order valence-electron chi connectivity index (χ1n) is 7.13. The van der Waals surface area contributed by atoms with E-state index in [1.165, 1.54) is 16.7 Å². The number of rotatable bonds is 5. The Labute approximate surface area is 135 Å². The lowest BCUT2D eigenvalue weighted by atomic mass is 9.95. The molecule has 0 fully saturated rings. The lowest BCUT2D eigenvalue weighted by Crippen LogP contribution is -2.26. The van der Waals surface area contributed by atoms with Crippen molar-refractivity contribution in [2.24, 2.45) is 5.73 Å². The first-order chi connectivity index (χ1) is 9.99. The molecule has 1 unspecified atom stereocenters. The fourth-order valence-electron chi connectivity index (χ4n) is 2.56. The van der Waals surface area contributed by atoms with Crippen molar-refractivity contribution in [1.29, 1.82) is 0 Å². The summed E-state index contributed by atoms with van der Waals surface area (Å²) in [7, 11) is 1.70. The van der Waals surface area contributed by atoms with Crippen molar-refractivity contribution >= 4 is 15.9 Å². The summed E-state index contributed by atoms with van der Waals surface area (Å²) in [5, 5.41) is 0. The second-order valence-corrected chi connectivity index (χ2v) is 6.47. The van der Waals surface area contributed by atoms with Gasteiger partial charge in [-0.2, -0.15) is 0 Å². The normalized spacial score (nSPS) is 12.2. The predicted octanol–water partition coefficient (Wildman–Crippen LogP) is 4.19. The van der Waals surface area contributed by atoms with Gasteiger partial charge in [0.15, 0.2) is 0 Å². The van der Waals surface area contributed by atoms with Crippen LogP contribution in [0.5, 0.6) is 5.75 Å². The summed E-state index contributed by atoms with van der Waals surface area (Å²) < 4.78 is 6.47. The molecule has 0 saturated carbocycles. The largest absolute Gasteiger partial charge is 0.496 e. The van der Waals surface area contributed by atoms with Crippen molar-refractivity contribution in [3.63, 3.8) is 0 Å². The molecule has 0 heterocycles. The molecule has 2 rings (SSSR count). The predicted molar refractivity (Wildman–Crippen MR) is 92.0 cm³/mol. The minimum atomic E-state index is 0.0775. The van der Waals surface area contributed by atoms with E-state index in [2.05, 4.69) is 54.0 Å². The van der Waals surface area contributed by atoms with E-state index in [9.17, 15) is 0 Å². The Kier molecular flexibility index (Phi) is 5.43. The molecule has 2 aromatic rings. The molecular weight excluding hydrogens is 326 g/mol. The molecule has 0 spiro atoms. The summed E-state index contributed by atoms with van der Waals surface area (Å²) in [5.74, 6) is 0.898. The molecule has 1 atom stereocenters. The fourth-order valence-corrected chi connectivity index (χ4v) is 2.97. The second-order valence-electron chi connectivity index (χ2n) is 5.55. The van der Waals surface area contributed by atoms with Crippen LogP contribution in [0.1, 0.15) is 22.3 Å². The Morgan fingerprint density at radius 1 is 1.05 bits per heavy atom. The van der Waals surface area contributed by atoms with E-state index < -0.39 is 0 Å². The molecular formula is C18H22BrNO. The van der Waals surface area contributed by atoms with Gasteiger partial charge >= 0.3 is 0 Å². The van der Waals surface area contributed by atoms with Crippen molar-refractivity contribution in [1.82, 2.24) is 0 Å². The molecule has 0 bridgehead atoms. The number of halogens is 1. The van der Waals surface area contributed by atoms with Gasteiger partial charge < -0.3 is 10.5 Å². The Morgan fingerprint density at radius 3 is 2.48 bits per heavy atom. The van der Waals surface area contributed by atoms with Crippen LogP contribution in [0, 0.1) is 13.8 Å². The van der Waals surface area contributed by atoms with Gasteiger partial charge in [-0.25, -0.2) is 0 Å². The van der Waals surface area contributed by atoms with Crippen molar-refractivity contribution < 1.29 is 4.74 Å². The zero-order valence-corrected chi connectivity index (χ0v) is 14.4. The lowest BCUT2D eigenvalue weighted by Gasteiger charge is -2.16. The van der Waals surface area contributed by atoms with Crippen LogP contribution in [-0.2, 0) is 12.8 Å². The maximum absolute atomic E-state index is 6.36. The second kappa shape index (κ2) is 7.10. The molecule has 2 nitrogen and oxygen atoms in total. The van der Waals surface area contributed by atoms with Gasteiger partial charge in [0.05, 0.1) is 7.11 Å². The first kappa shape index (κ1) is 16.1. The number of nitrogens with two attached hydrogens (primary N) is 1. The Hall–Kier alpha value is -1.32. The van der Waals surface area contributed by atoms with Gasteiger partial charge in [-0.3, -0.25) is 0 Å². The quantitative estimate of drug-likeness (QED) is 0.880. The first-order valence-corrected chi connectivity index (χ1v) is 7.93. The van der Waals surface area contributed by atoms with E-state index in [0.29, 0.717) is 0 Å². The van der Waals surface area contributed by atoms with Gasteiger partial charge in [0, 0.05) is 10.5 Å². The molecule has 0 aliphatic carbocycles. The molecule has 2 aromatic carbocycles. The number of hydrogen-bond donors (Lipinski definition) is 1. The van der Waals surface area contributed by atoms with Crippen LogP contribution >= 0.6 is 15.9 Å². The lowest BCUT2D eigenvalue weighted by molar-refractivity contribution is 0.407. The minimum absolute atomic E-state index is 0.0775. The van der Waals surface area contributed by atoms with Crippen LogP contribution in [0.3, 0.4) is 0 Å². The monoisotopic (exact) mass is 347 g/mol. The standard InChI is InChI=1S/C18H22BrNO/c1-12-4-5-13(2)14(8-12)10-17(20)11-15-9-16(19)6-7-18(15)21-3/h4-9,17H,10-11,20H2,1-3H3. The van der Waals surface area contributed by atoms with Crippen LogP contribution in [0.4, 0.5) is 0 Å². The maximum atomic E-state index is 6.36. The number of aryl methyl sites for hydroxylation is 2. The molecule has 0 aromatic heterocycles. The van der Waals surface area contributed by atoms with E-state index in [0.717, 1.165) is 28.6 Å². The maximum Gasteiger partial charge on any atom is 0.122 e. The Morgan fingerprint density at radius 2 is 1.76 bits per heavy atom. The van der Waals surface area contributed by atoms with Crippen molar-refractivity contribution in [2.45, 2.75) is 32.7 Å². The van der Waals surface area contributed by atoms with Gasteiger partial charge in [0.2, 0.25) is 0 Å². The third-order valence-electron chi connectivity index (χ3n) is 3.71. The highest BCUT2D eigenvalue weighted by molar-refractivity contribution is 9.10. The summed E-state index contributed by atoms with van der Waals surface area (Å²) >= 11 is 3.51. The summed E-state index contributed by atoms with van der Waals surface area (Å²) in [5.41, 5.74) is 11.4. The fraction of sp³-hybridized carbons (Fsp3) is 0.333. The molecule has 0 saturated heterocycles. The Balaban J connectivity index is 2.13. The summed E-state index contributed by atoms with van der Waals surface area (Å²) in [6, 6.07) is 12.7. The average molecular weight is 348 g/mol. The average Bonchev–Trinajstić information content (AvgIpc) is 2.43. The van der Waals surface area contributed by atoms with Crippen molar-refractivity contribution in [3.05, 3.63) is 63.1 Å². The van der Waals surface area contributed by atoms with E-state index >= 15 is 0 Å². The molecule has 3 heteroatoms. The van der Waals surface area contributed by atoms with E-state index in [4.69, 9.17) is 10.5 Å². The molecule has 21 heavy (non-hydrogen) atoms. The van der Waals surface area contributed by atoms with Gasteiger partial charge in [0.1, 0.15) is 5.75 Å². The van der Waals surface area contributed by atoms with Crippen molar-refractivity contribution in [2.75, 3.05) is 7.11 Å². The topological polar surface area (TPSA) is 35.2 Å². The third-order valence-corrected chi connectivity index (χ3v) is 4.20. The minimum Gasteiger partial charge on any atom is -0.496 e. The van der Waals surface area contributed by atoms with Crippen LogP contribution in [0.15, 0.2) is 40.9 Å². The molecule has 0 aliphatic rings. The Bertz CT molecular complexity index is 625. The zero-order valence-electron chi connectivity index (χ0n) is 12.8. The zero-order chi connectivity index (χ0) is 15.4. The number of ether oxygens (including phenoxy) is 1. The smallest absolute Gasteiger partial charge is 0.122 e. The summed E-state index contributed by atoms with van der Waals surface area (Å²) in [6.07, 6.45) is 1.68. The molecule has 0 aliphatic heterocycles. The van der Waals surface area contributed by atoms with Crippen LogP contribution in [-0.4, -0.2) is 13.2 Å². The summed E-state index contributed by atoms with van der Waals surface area (Å²) in [4.78, 5) is 0. The molecule has 2 N–H and O–H groups in total. The third kappa shape index (κ3) is 4.32. The molecule has 112 valence electrons. The highest BCUT2D eigenvalue weighted by atomic mass is 79.9. The number of hydrogen-bond acceptors (Lipinski definition) is 2. The number of methoxy groups -OCH3 is 1. The van der Waals surface area contributed by atoms with Crippen LogP contribution in [0.2, 0.25) is 0 Å². The SMILES string of the molecule is COc1ccc(Br)cc1CC(N)Cc1cc(C)ccc1C. The summed E-state index contributed by atoms with van der Waals surface area (Å²) in [6.45, 7) is 4.26. The molecule has 0 amide bonds. The number of benzene rings is 2. The molecule has 0 radical (unpaired) electrons. The van der Waals surface area contributed by atoms with Crippen LogP contribution in [0.25, 0.3) is 0 Å². The van der Waals surface area contributed by atoms with Gasteiger partial charge in [-0.1, -0.05) is 39.7 Å². The van der Waals surface area contributed by atoms with E-state index in [1.807, 2.05) is 12.1 Å². The highest BCUT2D eigenvalue weighted by Crippen LogP contribution is 2.24. The highest BCUT2D eigenvalue weighted by Gasteiger charge is 2.11. The van der Waals surface area contributed by atoms with Crippen LogP contribution < -0.4 is 10.5 Å². The van der Waals surface area contributed by atoms with E-state index in [1.54, 1.807) is 7.11 Å². The van der Waals surface area contributed by atoms with E-state index in [-0.39, 0.29) is 6.04 Å². The van der Waals surface area contributed by atoms with Gasteiger partial charge in [-0.15, -0.1) is 0 Å².